The number of carbonyl (C=O) groups is 1. The minimum Gasteiger partial charge on any atom is -0.349 e. The zero-order valence-electron chi connectivity index (χ0n) is 10.6. The second-order valence-electron chi connectivity index (χ2n) is 4.83. The van der Waals surface area contributed by atoms with Crippen LogP contribution in [0.5, 0.6) is 0 Å². The van der Waals surface area contributed by atoms with Crippen LogP contribution in [0, 0.1) is 5.92 Å². The Balaban J connectivity index is 1.91. The molecular weight excluding hydrogens is 292 g/mol. The van der Waals surface area contributed by atoms with Crippen molar-refractivity contribution in [2.75, 3.05) is 13.1 Å². The maximum Gasteiger partial charge on any atom is 0.224 e. The summed E-state index contributed by atoms with van der Waals surface area (Å²) >= 11 is 3.41. The summed E-state index contributed by atoms with van der Waals surface area (Å²) in [7, 11) is 0. The van der Waals surface area contributed by atoms with Crippen molar-refractivity contribution in [3.05, 3.63) is 34.3 Å². The lowest BCUT2D eigenvalue weighted by molar-refractivity contribution is -0.126. The zero-order chi connectivity index (χ0) is 13.0. The van der Waals surface area contributed by atoms with Gasteiger partial charge in [0.05, 0.1) is 12.0 Å². The SMILES string of the molecule is CC(NC(=O)C1CCCNC1)c1ccc(Br)cc1. The molecule has 0 bridgehead atoms. The van der Waals surface area contributed by atoms with Gasteiger partial charge in [-0.05, 0) is 44.0 Å². The van der Waals surface area contributed by atoms with E-state index in [4.69, 9.17) is 0 Å². The van der Waals surface area contributed by atoms with Crippen molar-refractivity contribution in [2.24, 2.45) is 5.92 Å². The molecule has 18 heavy (non-hydrogen) atoms. The van der Waals surface area contributed by atoms with Crippen LogP contribution in [-0.4, -0.2) is 19.0 Å². The number of halogens is 1. The van der Waals surface area contributed by atoms with Crippen LogP contribution in [0.2, 0.25) is 0 Å². The summed E-state index contributed by atoms with van der Waals surface area (Å²) in [5.41, 5.74) is 1.13. The molecule has 1 aliphatic rings. The van der Waals surface area contributed by atoms with Gasteiger partial charge in [0.25, 0.3) is 0 Å². The van der Waals surface area contributed by atoms with Crippen LogP contribution in [-0.2, 0) is 4.79 Å². The number of piperidine rings is 1. The Bertz CT molecular complexity index is 399. The number of nitrogens with one attached hydrogen (secondary N) is 2. The lowest BCUT2D eigenvalue weighted by Gasteiger charge is -2.24. The average molecular weight is 311 g/mol. The van der Waals surface area contributed by atoms with Crippen molar-refractivity contribution in [3.8, 4) is 0 Å². The van der Waals surface area contributed by atoms with Crippen molar-refractivity contribution in [1.82, 2.24) is 10.6 Å². The maximum atomic E-state index is 12.1. The molecule has 3 nitrogen and oxygen atoms in total. The third-order valence-electron chi connectivity index (χ3n) is 3.40. The Hall–Kier alpha value is -0.870. The number of hydrogen-bond acceptors (Lipinski definition) is 2. The van der Waals surface area contributed by atoms with Gasteiger partial charge in [-0.1, -0.05) is 28.1 Å². The van der Waals surface area contributed by atoms with E-state index in [1.807, 2.05) is 31.2 Å². The topological polar surface area (TPSA) is 41.1 Å². The van der Waals surface area contributed by atoms with Crippen molar-refractivity contribution in [2.45, 2.75) is 25.8 Å². The molecule has 0 saturated carbocycles. The molecule has 2 rings (SSSR count). The van der Waals surface area contributed by atoms with Crippen LogP contribution >= 0.6 is 15.9 Å². The molecule has 2 atom stereocenters. The fourth-order valence-electron chi connectivity index (χ4n) is 2.24. The summed E-state index contributed by atoms with van der Waals surface area (Å²) in [5, 5.41) is 6.36. The van der Waals surface area contributed by atoms with Gasteiger partial charge in [-0.15, -0.1) is 0 Å². The van der Waals surface area contributed by atoms with E-state index in [1.165, 1.54) is 0 Å². The van der Waals surface area contributed by atoms with E-state index in [0.29, 0.717) is 0 Å². The zero-order valence-corrected chi connectivity index (χ0v) is 12.2. The van der Waals surface area contributed by atoms with Gasteiger partial charge in [-0.2, -0.15) is 0 Å². The second-order valence-corrected chi connectivity index (χ2v) is 5.74. The summed E-state index contributed by atoms with van der Waals surface area (Å²) in [6.07, 6.45) is 2.08. The van der Waals surface area contributed by atoms with E-state index < -0.39 is 0 Å². The summed E-state index contributed by atoms with van der Waals surface area (Å²) in [6.45, 7) is 3.86. The number of amides is 1. The van der Waals surface area contributed by atoms with Crippen LogP contribution in [0.15, 0.2) is 28.7 Å². The highest BCUT2D eigenvalue weighted by Crippen LogP contribution is 2.18. The minimum atomic E-state index is 0.0625. The molecule has 1 saturated heterocycles. The third-order valence-corrected chi connectivity index (χ3v) is 3.93. The van der Waals surface area contributed by atoms with Gasteiger partial charge in [0.1, 0.15) is 0 Å². The molecule has 2 unspecified atom stereocenters. The van der Waals surface area contributed by atoms with Crippen LogP contribution in [0.1, 0.15) is 31.4 Å². The largest absolute Gasteiger partial charge is 0.349 e. The minimum absolute atomic E-state index is 0.0625. The fourth-order valence-corrected chi connectivity index (χ4v) is 2.51. The van der Waals surface area contributed by atoms with Crippen molar-refractivity contribution >= 4 is 21.8 Å². The molecule has 0 radical (unpaired) electrons. The Kier molecular flexibility index (Phi) is 4.78. The third kappa shape index (κ3) is 3.56. The Morgan fingerprint density at radius 2 is 2.17 bits per heavy atom. The van der Waals surface area contributed by atoms with E-state index in [1.54, 1.807) is 0 Å². The quantitative estimate of drug-likeness (QED) is 0.901. The van der Waals surface area contributed by atoms with E-state index in [2.05, 4.69) is 26.6 Å². The number of carbonyl (C=O) groups excluding carboxylic acids is 1. The number of hydrogen-bond donors (Lipinski definition) is 2. The standard InChI is InChI=1S/C14H19BrN2O/c1-10(11-4-6-13(15)7-5-11)17-14(18)12-3-2-8-16-9-12/h4-7,10,12,16H,2-3,8-9H2,1H3,(H,17,18). The highest BCUT2D eigenvalue weighted by molar-refractivity contribution is 9.10. The van der Waals surface area contributed by atoms with Crippen molar-refractivity contribution in [3.63, 3.8) is 0 Å². The first kappa shape index (κ1) is 13.6. The summed E-state index contributed by atoms with van der Waals surface area (Å²) < 4.78 is 1.06. The van der Waals surface area contributed by atoms with Gasteiger partial charge in [0.2, 0.25) is 5.91 Å². The highest BCUT2D eigenvalue weighted by Gasteiger charge is 2.22. The van der Waals surface area contributed by atoms with Gasteiger partial charge in [0, 0.05) is 11.0 Å². The van der Waals surface area contributed by atoms with Gasteiger partial charge in [0.15, 0.2) is 0 Å². The summed E-state index contributed by atoms with van der Waals surface area (Å²) in [4.78, 5) is 12.1. The first-order valence-corrected chi connectivity index (χ1v) is 7.22. The second kappa shape index (κ2) is 6.34. The molecule has 2 N–H and O–H groups in total. The first-order valence-electron chi connectivity index (χ1n) is 6.43. The number of benzene rings is 1. The normalized spacial score (nSPS) is 21.3. The Morgan fingerprint density at radius 3 is 2.78 bits per heavy atom. The van der Waals surface area contributed by atoms with E-state index in [0.717, 1.165) is 36.0 Å². The van der Waals surface area contributed by atoms with Crippen molar-refractivity contribution in [1.29, 1.82) is 0 Å². The molecule has 1 aromatic rings. The maximum absolute atomic E-state index is 12.1. The molecule has 1 heterocycles. The fraction of sp³-hybridized carbons (Fsp3) is 0.500. The van der Waals surface area contributed by atoms with Crippen molar-refractivity contribution < 1.29 is 4.79 Å². The lowest BCUT2D eigenvalue weighted by Crippen LogP contribution is -2.41. The summed E-state index contributed by atoms with van der Waals surface area (Å²) in [5.74, 6) is 0.286. The Labute approximate surface area is 116 Å². The van der Waals surface area contributed by atoms with Gasteiger partial charge >= 0.3 is 0 Å². The van der Waals surface area contributed by atoms with Crippen LogP contribution in [0.4, 0.5) is 0 Å². The summed E-state index contributed by atoms with van der Waals surface area (Å²) in [6, 6.07) is 8.13. The van der Waals surface area contributed by atoms with E-state index in [9.17, 15) is 4.79 Å². The van der Waals surface area contributed by atoms with E-state index in [-0.39, 0.29) is 17.9 Å². The van der Waals surface area contributed by atoms with Gasteiger partial charge in [-0.3, -0.25) is 4.79 Å². The molecule has 1 aromatic carbocycles. The molecule has 0 spiro atoms. The van der Waals surface area contributed by atoms with Crippen LogP contribution < -0.4 is 10.6 Å². The molecule has 98 valence electrons. The molecular formula is C14H19BrN2O. The Morgan fingerprint density at radius 1 is 1.44 bits per heavy atom. The lowest BCUT2D eigenvalue weighted by atomic mass is 9.98. The molecule has 4 heteroatoms. The monoisotopic (exact) mass is 310 g/mol. The van der Waals surface area contributed by atoms with Crippen LogP contribution in [0.3, 0.4) is 0 Å². The predicted molar refractivity (Wildman–Crippen MR) is 76.3 cm³/mol. The van der Waals surface area contributed by atoms with Crippen LogP contribution in [0.25, 0.3) is 0 Å². The molecule has 0 aliphatic carbocycles. The van der Waals surface area contributed by atoms with Gasteiger partial charge in [-0.25, -0.2) is 0 Å². The first-order chi connectivity index (χ1) is 8.66. The van der Waals surface area contributed by atoms with E-state index >= 15 is 0 Å². The number of rotatable bonds is 3. The molecule has 0 aromatic heterocycles. The smallest absolute Gasteiger partial charge is 0.224 e. The molecule has 1 amide bonds. The predicted octanol–water partition coefficient (Wildman–Crippen LogP) is 2.63. The average Bonchev–Trinajstić information content (AvgIpc) is 2.40. The molecule has 1 fully saturated rings. The van der Waals surface area contributed by atoms with Gasteiger partial charge < -0.3 is 10.6 Å². The molecule has 1 aliphatic heterocycles. The highest BCUT2D eigenvalue weighted by atomic mass is 79.9.